The highest BCUT2D eigenvalue weighted by atomic mass is 16.5. The molecule has 5 nitrogen and oxygen atoms in total. The van der Waals surface area contributed by atoms with Crippen molar-refractivity contribution in [3.05, 3.63) is 23.8 Å². The molecule has 0 aliphatic carbocycles. The van der Waals surface area contributed by atoms with Crippen molar-refractivity contribution in [3.8, 4) is 11.5 Å². The Kier molecular flexibility index (Phi) is 5.82. The highest BCUT2D eigenvalue weighted by molar-refractivity contribution is 5.97. The molecule has 0 aliphatic rings. The Bertz CT molecular complexity index is 457. The number of para-hydroxylation sites is 1. The molecular formula is C15H23NO4. The van der Waals surface area contributed by atoms with Gasteiger partial charge in [-0.05, 0) is 24.0 Å². The number of hydrogen-bond acceptors (Lipinski definition) is 4. The fraction of sp³-hybridized carbons (Fsp3) is 0.533. The smallest absolute Gasteiger partial charge is 0.255 e. The number of phenolic OH excluding ortho intramolecular Hbond substituents is 1. The Labute approximate surface area is 119 Å². The summed E-state index contributed by atoms with van der Waals surface area (Å²) in [6.45, 7) is 5.26. The van der Waals surface area contributed by atoms with Crippen LogP contribution in [0.25, 0.3) is 0 Å². The van der Waals surface area contributed by atoms with Crippen LogP contribution in [0, 0.1) is 5.41 Å². The molecule has 0 atom stereocenters. The Balaban J connectivity index is 2.68. The molecule has 5 heteroatoms. The summed E-state index contributed by atoms with van der Waals surface area (Å²) in [5, 5.41) is 12.8. The van der Waals surface area contributed by atoms with Gasteiger partial charge >= 0.3 is 0 Å². The number of carbonyl (C=O) groups is 1. The van der Waals surface area contributed by atoms with E-state index in [2.05, 4.69) is 19.2 Å². The van der Waals surface area contributed by atoms with Crippen LogP contribution in [0.2, 0.25) is 0 Å². The fourth-order valence-electron chi connectivity index (χ4n) is 1.75. The third kappa shape index (κ3) is 4.42. The van der Waals surface area contributed by atoms with Crippen LogP contribution in [0.5, 0.6) is 11.5 Å². The van der Waals surface area contributed by atoms with Gasteiger partial charge in [0.15, 0.2) is 11.5 Å². The summed E-state index contributed by atoms with van der Waals surface area (Å²) in [6, 6.07) is 4.84. The van der Waals surface area contributed by atoms with Crippen LogP contribution in [0.4, 0.5) is 0 Å². The van der Waals surface area contributed by atoms with Crippen molar-refractivity contribution in [1.82, 2.24) is 5.32 Å². The van der Waals surface area contributed by atoms with Crippen LogP contribution in [-0.4, -0.2) is 38.4 Å². The highest BCUT2D eigenvalue weighted by Gasteiger charge is 2.20. The predicted octanol–water partition coefficient (Wildman–Crippen LogP) is 2.19. The van der Waals surface area contributed by atoms with Crippen molar-refractivity contribution < 1.29 is 19.4 Å². The number of hydrogen-bond donors (Lipinski definition) is 2. The summed E-state index contributed by atoms with van der Waals surface area (Å²) >= 11 is 0. The van der Waals surface area contributed by atoms with Crippen LogP contribution in [0.3, 0.4) is 0 Å². The zero-order valence-corrected chi connectivity index (χ0v) is 12.5. The topological polar surface area (TPSA) is 67.8 Å². The molecule has 1 rings (SSSR count). The normalized spacial score (nSPS) is 11.2. The predicted molar refractivity (Wildman–Crippen MR) is 77.3 cm³/mol. The number of benzene rings is 1. The van der Waals surface area contributed by atoms with Gasteiger partial charge in [-0.1, -0.05) is 19.9 Å². The van der Waals surface area contributed by atoms with Gasteiger partial charge in [-0.25, -0.2) is 0 Å². The summed E-state index contributed by atoms with van der Waals surface area (Å²) in [5.74, 6) is -0.162. The summed E-state index contributed by atoms with van der Waals surface area (Å²) in [5.41, 5.74) is 0.145. The maximum Gasteiger partial charge on any atom is 0.255 e. The molecule has 0 heterocycles. The van der Waals surface area contributed by atoms with Crippen molar-refractivity contribution in [2.75, 3.05) is 27.4 Å². The largest absolute Gasteiger partial charge is 0.504 e. The van der Waals surface area contributed by atoms with E-state index in [1.54, 1.807) is 25.3 Å². The molecule has 0 aromatic heterocycles. The number of amides is 1. The van der Waals surface area contributed by atoms with Gasteiger partial charge in [0.25, 0.3) is 5.91 Å². The zero-order chi connectivity index (χ0) is 15.2. The van der Waals surface area contributed by atoms with E-state index < -0.39 is 0 Å². The molecule has 1 aromatic rings. The Morgan fingerprint density at radius 3 is 2.65 bits per heavy atom. The molecule has 20 heavy (non-hydrogen) atoms. The first-order valence-electron chi connectivity index (χ1n) is 6.54. The maximum absolute atomic E-state index is 12.1. The number of methoxy groups -OCH3 is 2. The first-order chi connectivity index (χ1) is 9.41. The van der Waals surface area contributed by atoms with Crippen molar-refractivity contribution in [2.24, 2.45) is 5.41 Å². The van der Waals surface area contributed by atoms with Gasteiger partial charge in [0, 0.05) is 20.3 Å². The van der Waals surface area contributed by atoms with Gasteiger partial charge < -0.3 is 19.9 Å². The van der Waals surface area contributed by atoms with Crippen LogP contribution >= 0.6 is 0 Å². The van der Waals surface area contributed by atoms with E-state index in [9.17, 15) is 9.90 Å². The highest BCUT2D eigenvalue weighted by Crippen LogP contribution is 2.29. The van der Waals surface area contributed by atoms with Gasteiger partial charge in [0.2, 0.25) is 0 Å². The van der Waals surface area contributed by atoms with Crippen LogP contribution in [0.1, 0.15) is 30.6 Å². The van der Waals surface area contributed by atoms with Gasteiger partial charge in [-0.3, -0.25) is 4.79 Å². The van der Waals surface area contributed by atoms with E-state index >= 15 is 0 Å². The van der Waals surface area contributed by atoms with Gasteiger partial charge in [-0.2, -0.15) is 0 Å². The number of rotatable bonds is 7. The monoisotopic (exact) mass is 281 g/mol. The maximum atomic E-state index is 12.1. The summed E-state index contributed by atoms with van der Waals surface area (Å²) in [7, 11) is 3.10. The first-order valence-corrected chi connectivity index (χ1v) is 6.54. The molecular weight excluding hydrogens is 258 g/mol. The lowest BCUT2D eigenvalue weighted by molar-refractivity contribution is 0.0917. The molecule has 2 N–H and O–H groups in total. The number of phenols is 1. The van der Waals surface area contributed by atoms with Crippen molar-refractivity contribution in [1.29, 1.82) is 0 Å². The zero-order valence-electron chi connectivity index (χ0n) is 12.5. The minimum atomic E-state index is -0.313. The minimum absolute atomic E-state index is 0.0693. The molecule has 112 valence electrons. The number of aromatic hydroxyl groups is 1. The van der Waals surface area contributed by atoms with E-state index in [0.717, 1.165) is 6.42 Å². The van der Waals surface area contributed by atoms with Crippen molar-refractivity contribution in [2.45, 2.75) is 20.3 Å². The molecule has 0 saturated heterocycles. The number of nitrogens with one attached hydrogen (secondary N) is 1. The van der Waals surface area contributed by atoms with Crippen LogP contribution in [0.15, 0.2) is 18.2 Å². The van der Waals surface area contributed by atoms with Crippen LogP contribution in [-0.2, 0) is 4.74 Å². The van der Waals surface area contributed by atoms with Crippen molar-refractivity contribution in [3.63, 3.8) is 0 Å². The summed E-state index contributed by atoms with van der Waals surface area (Å²) in [6.07, 6.45) is 0.841. The second kappa shape index (κ2) is 7.14. The molecule has 0 saturated carbocycles. The molecule has 0 unspecified atom stereocenters. The minimum Gasteiger partial charge on any atom is -0.504 e. The van der Waals surface area contributed by atoms with Crippen molar-refractivity contribution >= 4 is 5.91 Å². The lowest BCUT2D eigenvalue weighted by atomic mass is 9.89. The van der Waals surface area contributed by atoms with E-state index in [4.69, 9.17) is 9.47 Å². The molecule has 1 amide bonds. The Hall–Kier alpha value is -1.75. The third-order valence-corrected chi connectivity index (χ3v) is 3.17. The van der Waals surface area contributed by atoms with Gasteiger partial charge in [0.1, 0.15) is 0 Å². The first kappa shape index (κ1) is 16.3. The average Bonchev–Trinajstić information content (AvgIpc) is 2.43. The van der Waals surface area contributed by atoms with Gasteiger partial charge in [-0.15, -0.1) is 0 Å². The Morgan fingerprint density at radius 2 is 2.05 bits per heavy atom. The Morgan fingerprint density at radius 1 is 1.35 bits per heavy atom. The quantitative estimate of drug-likeness (QED) is 0.804. The van der Waals surface area contributed by atoms with E-state index in [-0.39, 0.29) is 28.4 Å². The molecule has 0 radical (unpaired) electrons. The third-order valence-electron chi connectivity index (χ3n) is 3.17. The lowest BCUT2D eigenvalue weighted by Crippen LogP contribution is -2.34. The van der Waals surface area contributed by atoms with E-state index in [1.807, 2.05) is 0 Å². The fourth-order valence-corrected chi connectivity index (χ4v) is 1.75. The standard InChI is InChI=1S/C15H23NO4/c1-15(2,8-9-19-3)10-16-14(18)11-6-5-7-12(20-4)13(11)17/h5-7,17H,8-10H2,1-4H3,(H,16,18). The van der Waals surface area contributed by atoms with E-state index in [0.29, 0.717) is 13.2 Å². The SMILES string of the molecule is COCCC(C)(C)CNC(=O)c1cccc(OC)c1O. The van der Waals surface area contributed by atoms with Gasteiger partial charge in [0.05, 0.1) is 12.7 Å². The summed E-state index contributed by atoms with van der Waals surface area (Å²) < 4.78 is 10.0. The molecule has 0 spiro atoms. The van der Waals surface area contributed by atoms with Crippen LogP contribution < -0.4 is 10.1 Å². The summed E-state index contributed by atoms with van der Waals surface area (Å²) in [4.78, 5) is 12.1. The number of ether oxygens (including phenoxy) is 2. The lowest BCUT2D eigenvalue weighted by Gasteiger charge is -2.24. The molecule has 1 aromatic carbocycles. The molecule has 0 fully saturated rings. The second-order valence-electron chi connectivity index (χ2n) is 5.45. The average molecular weight is 281 g/mol. The molecule has 0 aliphatic heterocycles. The number of carbonyl (C=O) groups excluding carboxylic acids is 1. The van der Waals surface area contributed by atoms with E-state index in [1.165, 1.54) is 7.11 Å². The molecule has 0 bridgehead atoms. The second-order valence-corrected chi connectivity index (χ2v) is 5.45.